The molecule has 1 aromatic rings. The molecule has 108 valence electrons. The summed E-state index contributed by atoms with van der Waals surface area (Å²) in [4.78, 5) is 14.2. The van der Waals surface area contributed by atoms with Gasteiger partial charge in [-0.3, -0.25) is 4.79 Å². The van der Waals surface area contributed by atoms with Crippen LogP contribution in [0.5, 0.6) is 11.5 Å². The van der Waals surface area contributed by atoms with Gasteiger partial charge in [0.15, 0.2) is 11.5 Å². The van der Waals surface area contributed by atoms with Crippen molar-refractivity contribution >= 4 is 5.91 Å². The molecule has 2 heterocycles. The van der Waals surface area contributed by atoms with Crippen LogP contribution < -0.4 is 9.47 Å². The fourth-order valence-corrected chi connectivity index (χ4v) is 3.55. The maximum Gasteiger partial charge on any atom is 0.223 e. The van der Waals surface area contributed by atoms with E-state index < -0.39 is 0 Å². The Bertz CT molecular complexity index is 514. The standard InChI is InChI=1S/C16H21NO3/c1-19-14-7-6-11(9-15(14)20-2)12-10-16(18)17-8-4-3-5-13(12)17/h6-7,9,12-13H,3-5,8,10H2,1-2H3/t12-,13+/m1/s1. The normalized spacial score (nSPS) is 25.5. The van der Waals surface area contributed by atoms with Gasteiger partial charge in [-0.2, -0.15) is 0 Å². The number of nitrogens with zero attached hydrogens (tertiary/aromatic N) is 1. The summed E-state index contributed by atoms with van der Waals surface area (Å²) in [5, 5.41) is 0. The predicted molar refractivity (Wildman–Crippen MR) is 76.3 cm³/mol. The average molecular weight is 275 g/mol. The van der Waals surface area contributed by atoms with Gasteiger partial charge in [0.25, 0.3) is 0 Å². The van der Waals surface area contributed by atoms with Crippen LogP contribution in [-0.2, 0) is 4.79 Å². The highest BCUT2D eigenvalue weighted by Gasteiger charge is 2.41. The lowest BCUT2D eigenvalue weighted by atomic mass is 9.87. The van der Waals surface area contributed by atoms with Crippen LogP contribution in [0.1, 0.15) is 37.2 Å². The van der Waals surface area contributed by atoms with Crippen molar-refractivity contribution in [1.82, 2.24) is 4.90 Å². The Kier molecular flexibility index (Phi) is 3.55. The van der Waals surface area contributed by atoms with Gasteiger partial charge in [0.2, 0.25) is 5.91 Å². The zero-order chi connectivity index (χ0) is 14.1. The van der Waals surface area contributed by atoms with Crippen LogP contribution in [0.2, 0.25) is 0 Å². The van der Waals surface area contributed by atoms with Crippen LogP contribution in [0.25, 0.3) is 0 Å². The Morgan fingerprint density at radius 3 is 2.70 bits per heavy atom. The molecule has 2 aliphatic heterocycles. The molecule has 1 amide bonds. The molecule has 3 rings (SSSR count). The fraction of sp³-hybridized carbons (Fsp3) is 0.562. The Morgan fingerprint density at radius 2 is 1.95 bits per heavy atom. The lowest BCUT2D eigenvalue weighted by Gasteiger charge is -2.32. The van der Waals surface area contributed by atoms with Gasteiger partial charge in [0, 0.05) is 24.9 Å². The first-order valence-corrected chi connectivity index (χ1v) is 7.26. The first-order chi connectivity index (χ1) is 9.74. The van der Waals surface area contributed by atoms with Crippen molar-refractivity contribution in [2.45, 2.75) is 37.6 Å². The first-order valence-electron chi connectivity index (χ1n) is 7.26. The third-order valence-electron chi connectivity index (χ3n) is 4.56. The van der Waals surface area contributed by atoms with Crippen molar-refractivity contribution < 1.29 is 14.3 Å². The van der Waals surface area contributed by atoms with Crippen molar-refractivity contribution in [3.05, 3.63) is 23.8 Å². The van der Waals surface area contributed by atoms with Crippen LogP contribution in [0.3, 0.4) is 0 Å². The van der Waals surface area contributed by atoms with Crippen molar-refractivity contribution in [3.8, 4) is 11.5 Å². The van der Waals surface area contributed by atoms with E-state index in [1.807, 2.05) is 12.1 Å². The van der Waals surface area contributed by atoms with Gasteiger partial charge in [0.1, 0.15) is 0 Å². The second-order valence-corrected chi connectivity index (χ2v) is 5.58. The minimum absolute atomic E-state index is 0.294. The fourth-order valence-electron chi connectivity index (χ4n) is 3.55. The Hall–Kier alpha value is -1.71. The Morgan fingerprint density at radius 1 is 1.15 bits per heavy atom. The molecule has 20 heavy (non-hydrogen) atoms. The van der Waals surface area contributed by atoms with Crippen LogP contribution in [-0.4, -0.2) is 37.6 Å². The number of amides is 1. The molecule has 0 unspecified atom stereocenters. The minimum Gasteiger partial charge on any atom is -0.493 e. The predicted octanol–water partition coefficient (Wildman–Crippen LogP) is 2.57. The van der Waals surface area contributed by atoms with Crippen LogP contribution in [0, 0.1) is 0 Å². The quantitative estimate of drug-likeness (QED) is 0.851. The number of methoxy groups -OCH3 is 2. The molecule has 0 saturated carbocycles. The van der Waals surface area contributed by atoms with Gasteiger partial charge in [-0.15, -0.1) is 0 Å². The molecule has 2 atom stereocenters. The van der Waals surface area contributed by atoms with Gasteiger partial charge >= 0.3 is 0 Å². The third-order valence-corrected chi connectivity index (χ3v) is 4.56. The summed E-state index contributed by atoms with van der Waals surface area (Å²) in [5.74, 6) is 2.07. The maximum atomic E-state index is 12.1. The number of ether oxygens (including phenoxy) is 2. The lowest BCUT2D eigenvalue weighted by Crippen LogP contribution is -2.38. The molecule has 0 aromatic heterocycles. The van der Waals surface area contributed by atoms with Crippen molar-refractivity contribution in [2.24, 2.45) is 0 Å². The summed E-state index contributed by atoms with van der Waals surface area (Å²) in [6.07, 6.45) is 4.10. The smallest absolute Gasteiger partial charge is 0.223 e. The molecule has 1 aromatic carbocycles. The third kappa shape index (κ3) is 2.13. The summed E-state index contributed by atoms with van der Waals surface area (Å²) >= 11 is 0. The van der Waals surface area contributed by atoms with Crippen molar-refractivity contribution in [2.75, 3.05) is 20.8 Å². The SMILES string of the molecule is COc1ccc([C@H]2CC(=O)N3CCCC[C@@H]23)cc1OC. The molecule has 0 aliphatic carbocycles. The number of piperidine rings is 1. The highest BCUT2D eigenvalue weighted by atomic mass is 16.5. The van der Waals surface area contributed by atoms with Crippen LogP contribution in [0.15, 0.2) is 18.2 Å². The number of fused-ring (bicyclic) bond motifs is 1. The summed E-state index contributed by atoms with van der Waals surface area (Å²) in [6, 6.07) is 6.39. The van der Waals surface area contributed by atoms with Crippen LogP contribution in [0.4, 0.5) is 0 Å². The van der Waals surface area contributed by atoms with Crippen molar-refractivity contribution in [3.63, 3.8) is 0 Å². The zero-order valence-electron chi connectivity index (χ0n) is 12.1. The van der Waals surface area contributed by atoms with E-state index in [4.69, 9.17) is 9.47 Å². The van der Waals surface area contributed by atoms with E-state index in [1.165, 1.54) is 12.0 Å². The van der Waals surface area contributed by atoms with Crippen molar-refractivity contribution in [1.29, 1.82) is 0 Å². The number of hydrogen-bond acceptors (Lipinski definition) is 3. The van der Waals surface area contributed by atoms with E-state index in [9.17, 15) is 4.79 Å². The van der Waals surface area contributed by atoms with Crippen LogP contribution >= 0.6 is 0 Å². The zero-order valence-corrected chi connectivity index (χ0v) is 12.1. The molecule has 4 nitrogen and oxygen atoms in total. The maximum absolute atomic E-state index is 12.1. The number of rotatable bonds is 3. The molecule has 0 radical (unpaired) electrons. The monoisotopic (exact) mass is 275 g/mol. The van der Waals surface area contributed by atoms with E-state index in [0.717, 1.165) is 30.9 Å². The van der Waals surface area contributed by atoms with Gasteiger partial charge < -0.3 is 14.4 Å². The molecule has 4 heteroatoms. The Balaban J connectivity index is 1.90. The molecule has 2 saturated heterocycles. The molecule has 0 spiro atoms. The van der Waals surface area contributed by atoms with E-state index in [0.29, 0.717) is 24.3 Å². The molecule has 2 aliphatic rings. The number of carbonyl (C=O) groups is 1. The molecular weight excluding hydrogens is 254 g/mol. The highest BCUT2D eigenvalue weighted by Crippen LogP contribution is 2.41. The van der Waals surface area contributed by atoms with Gasteiger partial charge in [-0.05, 0) is 37.0 Å². The number of carbonyl (C=O) groups excluding carboxylic acids is 1. The summed E-state index contributed by atoms with van der Waals surface area (Å²) < 4.78 is 10.7. The van der Waals surface area contributed by atoms with E-state index >= 15 is 0 Å². The second kappa shape index (κ2) is 5.35. The summed E-state index contributed by atoms with van der Waals surface area (Å²) in [5.41, 5.74) is 1.19. The second-order valence-electron chi connectivity index (χ2n) is 5.58. The topological polar surface area (TPSA) is 38.8 Å². The first kappa shape index (κ1) is 13.3. The molecular formula is C16H21NO3. The van der Waals surface area contributed by atoms with Gasteiger partial charge in [0.05, 0.1) is 14.2 Å². The largest absolute Gasteiger partial charge is 0.493 e. The average Bonchev–Trinajstić information content (AvgIpc) is 2.84. The summed E-state index contributed by atoms with van der Waals surface area (Å²) in [7, 11) is 3.29. The molecule has 0 N–H and O–H groups in total. The van der Waals surface area contributed by atoms with Gasteiger partial charge in [-0.25, -0.2) is 0 Å². The number of hydrogen-bond donors (Lipinski definition) is 0. The summed E-state index contributed by atoms with van der Waals surface area (Å²) in [6.45, 7) is 0.924. The molecule has 0 bridgehead atoms. The van der Waals surface area contributed by atoms with E-state index in [1.54, 1.807) is 14.2 Å². The lowest BCUT2D eigenvalue weighted by molar-refractivity contribution is -0.129. The molecule has 2 fully saturated rings. The Labute approximate surface area is 119 Å². The van der Waals surface area contributed by atoms with Gasteiger partial charge in [-0.1, -0.05) is 6.07 Å². The van der Waals surface area contributed by atoms with E-state index in [-0.39, 0.29) is 0 Å². The number of benzene rings is 1. The minimum atomic E-state index is 0.294. The van der Waals surface area contributed by atoms with E-state index in [2.05, 4.69) is 11.0 Å². The highest BCUT2D eigenvalue weighted by molar-refractivity contribution is 5.80.